The third-order valence-corrected chi connectivity index (χ3v) is 4.01. The second kappa shape index (κ2) is 4.70. The molecule has 1 aromatic heterocycles. The van der Waals surface area contributed by atoms with Crippen molar-refractivity contribution in [2.75, 3.05) is 18.5 Å². The molecule has 1 heterocycles. The predicted octanol–water partition coefficient (Wildman–Crippen LogP) is 2.10. The number of H-pyrrole nitrogens is 1. The highest BCUT2D eigenvalue weighted by atomic mass is 16.3. The Morgan fingerprint density at radius 3 is 2.84 bits per heavy atom. The van der Waals surface area contributed by atoms with E-state index in [1.54, 1.807) is 0 Å². The van der Waals surface area contributed by atoms with Gasteiger partial charge in [-0.2, -0.15) is 0 Å². The summed E-state index contributed by atoms with van der Waals surface area (Å²) in [6, 6.07) is 9.53. The molecule has 0 unspecified atom stereocenters. The number of rotatable bonds is 5. The van der Waals surface area contributed by atoms with Crippen LogP contribution in [0.1, 0.15) is 19.3 Å². The van der Waals surface area contributed by atoms with Gasteiger partial charge < -0.3 is 15.4 Å². The summed E-state index contributed by atoms with van der Waals surface area (Å²) in [4.78, 5) is 14.8. The molecule has 1 fully saturated rings. The molecular formula is C15H18N2O2. The van der Waals surface area contributed by atoms with Crippen LogP contribution in [0.5, 0.6) is 0 Å². The summed E-state index contributed by atoms with van der Waals surface area (Å²) in [6.45, 7) is 1.04. The van der Waals surface area contributed by atoms with Crippen molar-refractivity contribution < 1.29 is 5.11 Å². The van der Waals surface area contributed by atoms with Crippen molar-refractivity contribution in [2.24, 2.45) is 5.41 Å². The van der Waals surface area contributed by atoms with Crippen LogP contribution in [0.25, 0.3) is 10.8 Å². The van der Waals surface area contributed by atoms with Crippen LogP contribution in [0, 0.1) is 5.41 Å². The van der Waals surface area contributed by atoms with Crippen LogP contribution in [-0.2, 0) is 0 Å². The smallest absolute Gasteiger partial charge is 0.257 e. The van der Waals surface area contributed by atoms with Crippen molar-refractivity contribution in [3.63, 3.8) is 0 Å². The lowest BCUT2D eigenvalue weighted by Gasteiger charge is -2.15. The van der Waals surface area contributed by atoms with Crippen molar-refractivity contribution in [2.45, 2.75) is 19.3 Å². The number of nitrogens with one attached hydrogen (secondary N) is 2. The molecule has 3 rings (SSSR count). The van der Waals surface area contributed by atoms with Gasteiger partial charge in [-0.05, 0) is 42.2 Å². The Labute approximate surface area is 111 Å². The molecule has 1 aromatic carbocycles. The van der Waals surface area contributed by atoms with E-state index >= 15 is 0 Å². The van der Waals surface area contributed by atoms with Gasteiger partial charge in [0.2, 0.25) is 0 Å². The first-order chi connectivity index (χ1) is 9.22. The van der Waals surface area contributed by atoms with Gasteiger partial charge in [-0.25, -0.2) is 0 Å². The maximum absolute atomic E-state index is 11.9. The number of hydrogen-bond acceptors (Lipinski definition) is 3. The third kappa shape index (κ3) is 2.49. The van der Waals surface area contributed by atoms with Crippen LogP contribution < -0.4 is 10.9 Å². The van der Waals surface area contributed by atoms with Gasteiger partial charge in [0.15, 0.2) is 0 Å². The molecule has 0 aliphatic heterocycles. The second-order valence-corrected chi connectivity index (χ2v) is 5.43. The molecule has 2 aromatic rings. The zero-order valence-corrected chi connectivity index (χ0v) is 10.8. The van der Waals surface area contributed by atoms with Gasteiger partial charge in [0.05, 0.1) is 0 Å². The summed E-state index contributed by atoms with van der Waals surface area (Å²) in [5, 5.41) is 14.0. The van der Waals surface area contributed by atoms with Crippen LogP contribution in [0.2, 0.25) is 0 Å². The summed E-state index contributed by atoms with van der Waals surface area (Å²) in [5.41, 5.74) is 0.171. The zero-order chi connectivity index (χ0) is 13.3. The molecule has 1 aliphatic rings. The number of aliphatic hydroxyl groups is 1. The number of benzene rings is 1. The molecule has 0 atom stereocenters. The quantitative estimate of drug-likeness (QED) is 0.769. The first kappa shape index (κ1) is 12.2. The number of aromatic nitrogens is 1. The normalized spacial score (nSPS) is 16.5. The molecule has 19 heavy (non-hydrogen) atoms. The van der Waals surface area contributed by atoms with E-state index in [0.717, 1.165) is 37.0 Å². The minimum atomic E-state index is -0.0624. The van der Waals surface area contributed by atoms with Gasteiger partial charge in [-0.3, -0.25) is 4.79 Å². The van der Waals surface area contributed by atoms with E-state index < -0.39 is 0 Å². The molecule has 4 heteroatoms. The number of aliphatic hydroxyl groups excluding tert-OH is 1. The van der Waals surface area contributed by atoms with E-state index in [9.17, 15) is 4.79 Å². The highest BCUT2D eigenvalue weighted by Crippen LogP contribution is 2.48. The molecule has 4 nitrogen and oxygen atoms in total. The average molecular weight is 258 g/mol. The SMILES string of the molecule is O=c1[nH]c(NCC2(CCO)CC2)cc2ccccc12. The largest absolute Gasteiger partial charge is 0.396 e. The first-order valence-corrected chi connectivity index (χ1v) is 6.69. The van der Waals surface area contributed by atoms with Crippen LogP contribution in [0.4, 0.5) is 5.82 Å². The van der Waals surface area contributed by atoms with Crippen molar-refractivity contribution in [1.29, 1.82) is 0 Å². The Morgan fingerprint density at radius 2 is 2.11 bits per heavy atom. The Balaban J connectivity index is 1.80. The number of aromatic amines is 1. The van der Waals surface area contributed by atoms with Crippen LogP contribution >= 0.6 is 0 Å². The number of fused-ring (bicyclic) bond motifs is 1. The molecule has 0 saturated heterocycles. The summed E-state index contributed by atoms with van der Waals surface area (Å²) in [7, 11) is 0. The van der Waals surface area contributed by atoms with Gasteiger partial charge >= 0.3 is 0 Å². The standard InChI is InChI=1S/C15H18N2O2/c18-8-7-15(5-6-15)10-16-13-9-11-3-1-2-4-12(11)14(19)17-13/h1-4,9,18H,5-8,10H2,(H2,16,17,19). The number of anilines is 1. The predicted molar refractivity (Wildman–Crippen MR) is 76.4 cm³/mol. The van der Waals surface area contributed by atoms with Crippen LogP contribution in [0.15, 0.2) is 35.1 Å². The monoisotopic (exact) mass is 258 g/mol. The maximum Gasteiger partial charge on any atom is 0.257 e. The van der Waals surface area contributed by atoms with Crippen molar-refractivity contribution in [3.05, 3.63) is 40.7 Å². The molecule has 1 aliphatic carbocycles. The lowest BCUT2D eigenvalue weighted by molar-refractivity contribution is 0.253. The highest BCUT2D eigenvalue weighted by Gasteiger charge is 2.41. The molecular weight excluding hydrogens is 240 g/mol. The average Bonchev–Trinajstić information content (AvgIpc) is 3.17. The number of hydrogen-bond donors (Lipinski definition) is 3. The fourth-order valence-corrected chi connectivity index (χ4v) is 2.52. The molecule has 3 N–H and O–H groups in total. The zero-order valence-electron chi connectivity index (χ0n) is 10.8. The maximum atomic E-state index is 11.9. The molecule has 100 valence electrons. The Kier molecular flexibility index (Phi) is 3.03. The molecule has 0 bridgehead atoms. The van der Waals surface area contributed by atoms with E-state index in [1.807, 2.05) is 30.3 Å². The van der Waals surface area contributed by atoms with E-state index in [-0.39, 0.29) is 17.6 Å². The third-order valence-electron chi connectivity index (χ3n) is 4.01. The van der Waals surface area contributed by atoms with Crippen LogP contribution in [0.3, 0.4) is 0 Å². The molecule has 0 radical (unpaired) electrons. The second-order valence-electron chi connectivity index (χ2n) is 5.43. The molecule has 0 amide bonds. The van der Waals surface area contributed by atoms with Crippen molar-refractivity contribution in [1.82, 2.24) is 4.98 Å². The van der Waals surface area contributed by atoms with E-state index in [1.165, 1.54) is 0 Å². The van der Waals surface area contributed by atoms with Gasteiger partial charge in [0.25, 0.3) is 5.56 Å². The fraction of sp³-hybridized carbons (Fsp3) is 0.400. The first-order valence-electron chi connectivity index (χ1n) is 6.69. The minimum Gasteiger partial charge on any atom is -0.396 e. The summed E-state index contributed by atoms with van der Waals surface area (Å²) in [5.74, 6) is 0.757. The number of pyridine rings is 1. The molecule has 1 saturated carbocycles. The minimum absolute atomic E-state index is 0.0624. The lowest BCUT2D eigenvalue weighted by atomic mass is 10.0. The summed E-state index contributed by atoms with van der Waals surface area (Å²) >= 11 is 0. The van der Waals surface area contributed by atoms with Gasteiger partial charge in [0.1, 0.15) is 5.82 Å². The van der Waals surface area contributed by atoms with E-state index in [4.69, 9.17) is 5.11 Å². The van der Waals surface area contributed by atoms with Crippen LogP contribution in [-0.4, -0.2) is 23.2 Å². The Morgan fingerprint density at radius 1 is 1.32 bits per heavy atom. The Bertz CT molecular complexity index is 644. The summed E-state index contributed by atoms with van der Waals surface area (Å²) in [6.07, 6.45) is 3.13. The fourth-order valence-electron chi connectivity index (χ4n) is 2.52. The van der Waals surface area contributed by atoms with Gasteiger partial charge in [-0.1, -0.05) is 18.2 Å². The Hall–Kier alpha value is -1.81. The topological polar surface area (TPSA) is 65.1 Å². The highest BCUT2D eigenvalue weighted by molar-refractivity contribution is 5.83. The lowest BCUT2D eigenvalue weighted by Crippen LogP contribution is -2.19. The van der Waals surface area contributed by atoms with Crippen molar-refractivity contribution in [3.8, 4) is 0 Å². The van der Waals surface area contributed by atoms with E-state index in [0.29, 0.717) is 5.39 Å². The van der Waals surface area contributed by atoms with E-state index in [2.05, 4.69) is 10.3 Å². The van der Waals surface area contributed by atoms with Gasteiger partial charge in [0, 0.05) is 18.5 Å². The molecule has 0 spiro atoms. The van der Waals surface area contributed by atoms with Gasteiger partial charge in [-0.15, -0.1) is 0 Å². The van der Waals surface area contributed by atoms with Crippen molar-refractivity contribution >= 4 is 16.6 Å². The summed E-state index contributed by atoms with van der Waals surface area (Å²) < 4.78 is 0.